The molecule has 5 nitrogen and oxygen atoms in total. The second-order valence-corrected chi connectivity index (χ2v) is 15.5. The van der Waals surface area contributed by atoms with E-state index in [-0.39, 0.29) is 29.3 Å². The maximum atomic E-state index is 13.0. The third-order valence-corrected chi connectivity index (χ3v) is 12.0. The van der Waals surface area contributed by atoms with Gasteiger partial charge in [0.2, 0.25) is 8.32 Å². The number of hydrogen-bond acceptors (Lipinski definition) is 4. The highest BCUT2D eigenvalue weighted by atomic mass is 28.4. The molecule has 1 saturated heterocycles. The number of carbonyl (C=O) groups excluding carboxylic acids is 2. The summed E-state index contributed by atoms with van der Waals surface area (Å²) in [7, 11) is -2.01. The first-order valence-electron chi connectivity index (χ1n) is 10.9. The first-order valence-corrected chi connectivity index (χ1v) is 13.8. The lowest BCUT2D eigenvalue weighted by Crippen LogP contribution is -2.50. The summed E-state index contributed by atoms with van der Waals surface area (Å²) in [5.74, 6) is 0.911. The van der Waals surface area contributed by atoms with Crippen LogP contribution >= 0.6 is 0 Å². The zero-order valence-electron chi connectivity index (χ0n) is 18.9. The third kappa shape index (κ3) is 3.29. The number of hydrogen-bond donors (Lipinski definition) is 0. The van der Waals surface area contributed by atoms with Gasteiger partial charge in [0.15, 0.2) is 0 Å². The summed E-state index contributed by atoms with van der Waals surface area (Å²) < 4.78 is 12.4. The van der Waals surface area contributed by atoms with Crippen molar-refractivity contribution in [2.75, 3.05) is 0 Å². The Kier molecular flexibility index (Phi) is 4.92. The zero-order valence-corrected chi connectivity index (χ0v) is 19.9. The minimum absolute atomic E-state index is 0.0802. The Morgan fingerprint density at radius 2 is 1.97 bits per heavy atom. The van der Waals surface area contributed by atoms with Crippen molar-refractivity contribution in [3.63, 3.8) is 0 Å². The summed E-state index contributed by atoms with van der Waals surface area (Å²) in [6, 6.07) is 7.67. The SMILES string of the molecule is CC(C)(C)[Si](C)(C)OC1=C[C@@H](N2C(=O)O[C@H]3Cc4ccccc4[C@H]32)[C@@](C)(C=O)CC1. The van der Waals surface area contributed by atoms with Crippen molar-refractivity contribution in [3.8, 4) is 0 Å². The Labute approximate surface area is 180 Å². The normalized spacial score (nSPS) is 31.0. The predicted octanol–water partition coefficient (Wildman–Crippen LogP) is 5.38. The molecule has 0 N–H and O–H groups in total. The number of benzene rings is 1. The van der Waals surface area contributed by atoms with Gasteiger partial charge in [-0.05, 0) is 41.8 Å². The van der Waals surface area contributed by atoms with E-state index in [4.69, 9.17) is 9.16 Å². The Hall–Kier alpha value is -2.08. The molecule has 1 aliphatic heterocycles. The number of carbonyl (C=O) groups is 2. The quantitative estimate of drug-likeness (QED) is 0.478. The molecule has 1 aromatic carbocycles. The van der Waals surface area contributed by atoms with E-state index in [1.165, 1.54) is 5.56 Å². The molecule has 0 saturated carbocycles. The van der Waals surface area contributed by atoms with Gasteiger partial charge < -0.3 is 14.0 Å². The summed E-state index contributed by atoms with van der Waals surface area (Å²) in [6.45, 7) is 13.0. The average Bonchev–Trinajstić information content (AvgIpc) is 3.16. The number of amides is 1. The third-order valence-electron chi connectivity index (χ3n) is 7.60. The molecule has 0 aromatic heterocycles. The maximum absolute atomic E-state index is 13.0. The smallest absolute Gasteiger partial charge is 0.411 e. The second-order valence-electron chi connectivity index (χ2n) is 10.7. The van der Waals surface area contributed by atoms with Gasteiger partial charge in [-0.15, -0.1) is 0 Å². The van der Waals surface area contributed by atoms with Crippen molar-refractivity contribution in [2.24, 2.45) is 5.41 Å². The fourth-order valence-corrected chi connectivity index (χ4v) is 5.78. The summed E-state index contributed by atoms with van der Waals surface area (Å²) in [4.78, 5) is 27.0. The van der Waals surface area contributed by atoms with E-state index >= 15 is 0 Å². The fraction of sp³-hybridized carbons (Fsp3) is 0.583. The molecule has 0 unspecified atom stereocenters. The Morgan fingerprint density at radius 1 is 1.27 bits per heavy atom. The fourth-order valence-electron chi connectivity index (χ4n) is 4.65. The highest BCUT2D eigenvalue weighted by Gasteiger charge is 2.54. The number of fused-ring (bicyclic) bond motifs is 3. The van der Waals surface area contributed by atoms with Gasteiger partial charge in [-0.25, -0.2) is 4.79 Å². The van der Waals surface area contributed by atoms with E-state index in [1.54, 1.807) is 4.90 Å². The van der Waals surface area contributed by atoms with Crippen LogP contribution in [0.1, 0.15) is 57.7 Å². The number of allylic oxidation sites excluding steroid dienone is 1. The van der Waals surface area contributed by atoms with Gasteiger partial charge in [0.25, 0.3) is 0 Å². The van der Waals surface area contributed by atoms with E-state index in [0.717, 1.165) is 24.0 Å². The van der Waals surface area contributed by atoms with Crippen LogP contribution in [0.3, 0.4) is 0 Å². The molecule has 0 bridgehead atoms. The van der Waals surface area contributed by atoms with Crippen LogP contribution in [0.25, 0.3) is 0 Å². The van der Waals surface area contributed by atoms with Crippen LogP contribution in [0, 0.1) is 5.41 Å². The van der Waals surface area contributed by atoms with Crippen LogP contribution < -0.4 is 0 Å². The highest BCUT2D eigenvalue weighted by Crippen LogP contribution is 2.49. The van der Waals surface area contributed by atoms with Crippen LogP contribution in [0.2, 0.25) is 18.1 Å². The van der Waals surface area contributed by atoms with Gasteiger partial charge in [-0.2, -0.15) is 0 Å². The minimum atomic E-state index is -2.01. The summed E-state index contributed by atoms with van der Waals surface area (Å²) in [5, 5.41) is 0.0802. The van der Waals surface area contributed by atoms with Gasteiger partial charge in [0.05, 0.1) is 17.8 Å². The van der Waals surface area contributed by atoms with Crippen LogP contribution in [0.4, 0.5) is 4.79 Å². The molecule has 1 amide bonds. The highest BCUT2D eigenvalue weighted by molar-refractivity contribution is 6.74. The molecule has 4 rings (SSSR count). The lowest BCUT2D eigenvalue weighted by Gasteiger charge is -2.44. The van der Waals surface area contributed by atoms with Gasteiger partial charge >= 0.3 is 6.09 Å². The van der Waals surface area contributed by atoms with E-state index in [2.05, 4.69) is 46.0 Å². The standard InChI is InChI=1S/C24H33NO4Si/c1-23(2,3)30(5,6)29-17-11-12-24(4,15-26)20(14-17)25-21-18-10-8-7-9-16(18)13-19(21)28-22(25)27/h7-10,14-15,19-21H,11-13H2,1-6H3/t19-,20+,21+,24+/m0/s1. The molecule has 2 aliphatic carbocycles. The van der Waals surface area contributed by atoms with Crippen molar-refractivity contribution >= 4 is 20.7 Å². The van der Waals surface area contributed by atoms with Crippen molar-refractivity contribution in [1.29, 1.82) is 0 Å². The predicted molar refractivity (Wildman–Crippen MR) is 119 cm³/mol. The molecule has 1 aromatic rings. The molecule has 1 heterocycles. The van der Waals surface area contributed by atoms with E-state index < -0.39 is 13.7 Å². The van der Waals surface area contributed by atoms with Crippen LogP contribution in [-0.2, 0) is 20.4 Å². The van der Waals surface area contributed by atoms with Crippen molar-refractivity contribution in [3.05, 3.63) is 47.2 Å². The lowest BCUT2D eigenvalue weighted by atomic mass is 9.74. The van der Waals surface area contributed by atoms with Gasteiger partial charge in [-0.1, -0.05) is 52.0 Å². The zero-order chi connectivity index (χ0) is 21.9. The molecule has 0 radical (unpaired) electrons. The van der Waals surface area contributed by atoms with E-state index in [0.29, 0.717) is 12.8 Å². The van der Waals surface area contributed by atoms with Crippen LogP contribution in [0.5, 0.6) is 0 Å². The Balaban J connectivity index is 1.72. The Bertz CT molecular complexity index is 903. The molecule has 6 heteroatoms. The van der Waals surface area contributed by atoms with Gasteiger partial charge in [0.1, 0.15) is 12.4 Å². The van der Waals surface area contributed by atoms with E-state index in [1.807, 2.05) is 25.1 Å². The molecule has 4 atom stereocenters. The molecular weight excluding hydrogens is 394 g/mol. The first-order chi connectivity index (χ1) is 14.0. The van der Waals surface area contributed by atoms with Gasteiger partial charge in [0, 0.05) is 18.3 Å². The van der Waals surface area contributed by atoms with Crippen molar-refractivity contribution in [2.45, 2.75) is 83.3 Å². The molecule has 1 fully saturated rings. The average molecular weight is 428 g/mol. The summed E-state index contributed by atoms with van der Waals surface area (Å²) >= 11 is 0. The van der Waals surface area contributed by atoms with Crippen LogP contribution in [-0.4, -0.2) is 37.7 Å². The number of rotatable bonds is 4. The number of aldehydes is 1. The number of ether oxygens (including phenoxy) is 1. The van der Waals surface area contributed by atoms with Gasteiger partial charge in [-0.3, -0.25) is 4.90 Å². The Morgan fingerprint density at radius 3 is 2.63 bits per heavy atom. The topological polar surface area (TPSA) is 55.8 Å². The lowest BCUT2D eigenvalue weighted by molar-refractivity contribution is -0.118. The second kappa shape index (κ2) is 6.97. The molecular formula is C24H33NO4Si. The summed E-state index contributed by atoms with van der Waals surface area (Å²) in [6.07, 6.45) is 4.62. The minimum Gasteiger partial charge on any atom is -0.547 e. The monoisotopic (exact) mass is 427 g/mol. The maximum Gasteiger partial charge on any atom is 0.411 e. The molecule has 3 aliphatic rings. The molecule has 162 valence electrons. The van der Waals surface area contributed by atoms with Crippen LogP contribution in [0.15, 0.2) is 36.1 Å². The van der Waals surface area contributed by atoms with E-state index in [9.17, 15) is 9.59 Å². The number of nitrogens with zero attached hydrogens (tertiary/aromatic N) is 1. The van der Waals surface area contributed by atoms with Crippen molar-refractivity contribution < 1.29 is 18.8 Å². The van der Waals surface area contributed by atoms with Crippen molar-refractivity contribution in [1.82, 2.24) is 4.90 Å². The molecule has 30 heavy (non-hydrogen) atoms. The largest absolute Gasteiger partial charge is 0.547 e. The first kappa shape index (κ1) is 21.2. The molecule has 0 spiro atoms. The summed E-state index contributed by atoms with van der Waals surface area (Å²) in [5.41, 5.74) is 1.69.